The lowest BCUT2D eigenvalue weighted by Gasteiger charge is -2.26. The molecule has 194 valence electrons. The van der Waals surface area contributed by atoms with E-state index in [-0.39, 0.29) is 16.3 Å². The minimum Gasteiger partial charge on any atom is -0.376 e. The van der Waals surface area contributed by atoms with Crippen LogP contribution in [0.15, 0.2) is 55.0 Å². The van der Waals surface area contributed by atoms with Crippen LogP contribution in [-0.4, -0.2) is 39.9 Å². The molecule has 4 aromatic rings. The first-order chi connectivity index (χ1) is 17.4. The molecular formula is C24H20ClF3N4O3S2. The van der Waals surface area contributed by atoms with Crippen LogP contribution >= 0.6 is 22.9 Å². The van der Waals surface area contributed by atoms with E-state index in [0.29, 0.717) is 46.1 Å². The summed E-state index contributed by atoms with van der Waals surface area (Å²) in [6.07, 6.45) is 0.434. The van der Waals surface area contributed by atoms with Crippen LogP contribution in [0.1, 0.15) is 41.9 Å². The lowest BCUT2D eigenvalue weighted by atomic mass is 9.95. The van der Waals surface area contributed by atoms with Gasteiger partial charge in [0.15, 0.2) is 5.60 Å². The van der Waals surface area contributed by atoms with Gasteiger partial charge < -0.3 is 5.11 Å². The quantitative estimate of drug-likeness (QED) is 0.311. The van der Waals surface area contributed by atoms with Crippen molar-refractivity contribution in [2.24, 2.45) is 0 Å². The van der Waals surface area contributed by atoms with E-state index in [1.807, 2.05) is 0 Å². The summed E-state index contributed by atoms with van der Waals surface area (Å²) in [6, 6.07) is 8.10. The Labute approximate surface area is 219 Å². The van der Waals surface area contributed by atoms with Crippen molar-refractivity contribution in [3.63, 3.8) is 0 Å². The number of rotatable bonds is 7. The Balaban J connectivity index is 1.62. The van der Waals surface area contributed by atoms with Gasteiger partial charge in [0.05, 0.1) is 32.4 Å². The van der Waals surface area contributed by atoms with Crippen LogP contribution in [0.4, 0.5) is 13.2 Å². The number of nitrogens with one attached hydrogen (secondary N) is 1. The lowest BCUT2D eigenvalue weighted by molar-refractivity contribution is -0.258. The van der Waals surface area contributed by atoms with Gasteiger partial charge in [0.2, 0.25) is 10.0 Å². The van der Waals surface area contributed by atoms with Crippen LogP contribution in [0.3, 0.4) is 0 Å². The Morgan fingerprint density at radius 1 is 1.11 bits per heavy atom. The lowest BCUT2D eigenvalue weighted by Crippen LogP contribution is -2.39. The number of pyridine rings is 3. The monoisotopic (exact) mass is 568 g/mol. The number of sulfonamides is 1. The number of hydrogen-bond donors (Lipinski definition) is 2. The molecule has 0 spiro atoms. The first-order valence-electron chi connectivity index (χ1n) is 11.1. The first kappa shape index (κ1) is 26.0. The van der Waals surface area contributed by atoms with E-state index in [1.54, 1.807) is 24.3 Å². The molecule has 4 heterocycles. The van der Waals surface area contributed by atoms with Crippen molar-refractivity contribution in [2.75, 3.05) is 0 Å². The van der Waals surface area contributed by atoms with Crippen LogP contribution in [0.25, 0.3) is 21.5 Å². The number of halogens is 4. The average molecular weight is 569 g/mol. The molecule has 37 heavy (non-hydrogen) atoms. The Morgan fingerprint density at radius 3 is 2.51 bits per heavy atom. The van der Waals surface area contributed by atoms with Gasteiger partial charge in [-0.2, -0.15) is 13.2 Å². The van der Waals surface area contributed by atoms with E-state index in [0.717, 1.165) is 12.1 Å². The molecule has 0 aliphatic heterocycles. The maximum absolute atomic E-state index is 13.4. The Morgan fingerprint density at radius 2 is 1.84 bits per heavy atom. The van der Waals surface area contributed by atoms with Gasteiger partial charge in [-0.1, -0.05) is 11.6 Å². The molecule has 0 amide bonds. The van der Waals surface area contributed by atoms with E-state index in [9.17, 15) is 26.7 Å². The molecule has 0 radical (unpaired) electrons. The largest absolute Gasteiger partial charge is 0.421 e. The molecule has 1 aliphatic rings. The predicted octanol–water partition coefficient (Wildman–Crippen LogP) is 5.35. The van der Waals surface area contributed by atoms with Gasteiger partial charge in [0, 0.05) is 23.5 Å². The van der Waals surface area contributed by atoms with Crippen LogP contribution in [0.2, 0.25) is 5.02 Å². The van der Waals surface area contributed by atoms with Crippen molar-refractivity contribution in [2.45, 2.75) is 42.8 Å². The van der Waals surface area contributed by atoms with E-state index in [1.165, 1.54) is 29.9 Å². The predicted molar refractivity (Wildman–Crippen MR) is 135 cm³/mol. The molecule has 1 saturated carbocycles. The number of nitrogens with zero attached hydrogens (tertiary/aromatic N) is 3. The van der Waals surface area contributed by atoms with Gasteiger partial charge in [0.1, 0.15) is 5.69 Å². The maximum atomic E-state index is 13.4. The minimum absolute atomic E-state index is 0.131. The number of thiophene rings is 1. The number of fused-ring (bicyclic) bond motifs is 1. The summed E-state index contributed by atoms with van der Waals surface area (Å²) >= 11 is 7.59. The fourth-order valence-corrected chi connectivity index (χ4v) is 6.86. The number of aliphatic hydroxyl groups is 1. The summed E-state index contributed by atoms with van der Waals surface area (Å²) in [4.78, 5) is 13.4. The van der Waals surface area contributed by atoms with Crippen molar-refractivity contribution < 1.29 is 26.7 Å². The zero-order chi connectivity index (χ0) is 26.6. The molecular weight excluding hydrogens is 549 g/mol. The Hall–Kier alpha value is -2.64. The summed E-state index contributed by atoms with van der Waals surface area (Å²) in [5.74, 6) is 0. The zero-order valence-electron chi connectivity index (χ0n) is 19.2. The topological polar surface area (TPSA) is 105 Å². The van der Waals surface area contributed by atoms with E-state index < -0.39 is 33.1 Å². The molecule has 0 saturated heterocycles. The smallest absolute Gasteiger partial charge is 0.376 e. The van der Waals surface area contributed by atoms with E-state index in [2.05, 4.69) is 19.7 Å². The second-order valence-electron chi connectivity index (χ2n) is 8.89. The molecule has 0 aromatic carbocycles. The molecule has 13 heteroatoms. The second kappa shape index (κ2) is 9.28. The SMILES string of the molecule is C[C@@](O)(c1ccnc(-c2nccc3cc(C(NS(=O)(=O)C4CC4)c4ncccc4Cl)sc23)c1)C(F)(F)F. The molecule has 0 bridgehead atoms. The third-order valence-electron chi connectivity index (χ3n) is 6.16. The molecule has 4 aromatic heterocycles. The van der Waals surface area contributed by atoms with Crippen LogP contribution < -0.4 is 4.72 Å². The van der Waals surface area contributed by atoms with Gasteiger partial charge in [0.25, 0.3) is 0 Å². The third-order valence-corrected chi connectivity index (χ3v) is 9.61. The Bertz CT molecular complexity index is 1590. The molecule has 1 unspecified atom stereocenters. The van der Waals surface area contributed by atoms with Gasteiger partial charge in [-0.25, -0.2) is 13.1 Å². The first-order valence-corrected chi connectivity index (χ1v) is 13.9. The molecule has 1 aliphatic carbocycles. The summed E-state index contributed by atoms with van der Waals surface area (Å²) in [5, 5.41) is 10.6. The van der Waals surface area contributed by atoms with Crippen molar-refractivity contribution >= 4 is 43.0 Å². The van der Waals surface area contributed by atoms with Crippen LogP contribution in [0, 0.1) is 0 Å². The molecule has 7 nitrogen and oxygen atoms in total. The van der Waals surface area contributed by atoms with Gasteiger partial charge in [-0.15, -0.1) is 11.3 Å². The fourth-order valence-electron chi connectivity index (χ4n) is 3.83. The number of alkyl halides is 3. The van der Waals surface area contributed by atoms with Crippen molar-refractivity contribution in [1.82, 2.24) is 19.7 Å². The molecule has 2 N–H and O–H groups in total. The summed E-state index contributed by atoms with van der Waals surface area (Å²) in [7, 11) is -3.64. The standard InChI is InChI=1S/C24H20ClF3N4O3S2/c1-23(33,24(26,27)28)14-7-10-29-17(12-14)20-22-13(6-9-31-20)11-18(36-22)21(19-16(25)3-2-8-30-19)32-37(34,35)15-4-5-15/h2-3,6-12,15,21,32-33H,4-5H2,1H3/t21?,23-/m1/s1. The normalized spacial score (nSPS) is 17.0. The highest BCUT2D eigenvalue weighted by Crippen LogP contribution is 2.42. The summed E-state index contributed by atoms with van der Waals surface area (Å²) < 4.78 is 69.3. The average Bonchev–Trinajstić information content (AvgIpc) is 3.62. The third kappa shape index (κ3) is 4.96. The highest BCUT2D eigenvalue weighted by atomic mass is 35.5. The van der Waals surface area contributed by atoms with Crippen LogP contribution in [-0.2, 0) is 15.6 Å². The Kier molecular flexibility index (Phi) is 6.52. The summed E-state index contributed by atoms with van der Waals surface area (Å²) in [5.41, 5.74) is -2.70. The number of aromatic nitrogens is 3. The second-order valence-corrected chi connectivity index (χ2v) is 12.4. The maximum Gasteiger partial charge on any atom is 0.421 e. The van der Waals surface area contributed by atoms with Crippen molar-refractivity contribution in [1.29, 1.82) is 0 Å². The van der Waals surface area contributed by atoms with Gasteiger partial charge in [-0.3, -0.25) is 15.0 Å². The molecule has 2 atom stereocenters. The van der Waals surface area contributed by atoms with Gasteiger partial charge in [-0.05, 0) is 67.1 Å². The van der Waals surface area contributed by atoms with Crippen molar-refractivity contribution in [3.8, 4) is 11.4 Å². The fraction of sp³-hybridized carbons (Fsp3) is 0.292. The zero-order valence-corrected chi connectivity index (χ0v) is 21.6. The highest BCUT2D eigenvalue weighted by Gasteiger charge is 2.51. The minimum atomic E-state index is -4.89. The van der Waals surface area contributed by atoms with Crippen LogP contribution in [0.5, 0.6) is 0 Å². The van der Waals surface area contributed by atoms with E-state index in [4.69, 9.17) is 11.6 Å². The van der Waals surface area contributed by atoms with E-state index >= 15 is 0 Å². The molecule has 1 fully saturated rings. The van der Waals surface area contributed by atoms with Crippen molar-refractivity contribution in [3.05, 3.63) is 76.1 Å². The summed E-state index contributed by atoms with van der Waals surface area (Å²) in [6.45, 7) is 0.677. The highest BCUT2D eigenvalue weighted by molar-refractivity contribution is 7.90. The molecule has 5 rings (SSSR count). The van der Waals surface area contributed by atoms with Gasteiger partial charge >= 0.3 is 6.18 Å². The number of hydrogen-bond acceptors (Lipinski definition) is 7.